The summed E-state index contributed by atoms with van der Waals surface area (Å²) in [6, 6.07) is 124. The molecule has 0 atom stereocenters. The molecule has 0 spiro atoms. The van der Waals surface area contributed by atoms with Gasteiger partial charge in [-0.05, 0) is 148 Å². The fourth-order valence-electron chi connectivity index (χ4n) is 16.7. The lowest BCUT2D eigenvalue weighted by Gasteiger charge is -2.13. The van der Waals surface area contributed by atoms with Crippen molar-refractivity contribution < 1.29 is 0 Å². The van der Waals surface area contributed by atoms with E-state index in [4.69, 9.17) is 39.9 Å². The van der Waals surface area contributed by atoms with Crippen molar-refractivity contribution in [2.24, 2.45) is 0 Å². The number of fused-ring (bicyclic) bond motifs is 9. The van der Waals surface area contributed by atoms with Gasteiger partial charge in [0.05, 0.1) is 72.8 Å². The van der Waals surface area contributed by atoms with Crippen LogP contribution in [0.5, 0.6) is 0 Å². The number of pyridine rings is 10. The molecule has 12 aromatic heterocycles. The Kier molecular flexibility index (Phi) is 19.6. The summed E-state index contributed by atoms with van der Waals surface area (Å²) in [6.45, 7) is 0. The van der Waals surface area contributed by atoms with Gasteiger partial charge in [-0.25, -0.2) is 29.9 Å². The number of rotatable bonds is 12. The second kappa shape index (κ2) is 32.9. The van der Waals surface area contributed by atoms with Gasteiger partial charge in [-0.2, -0.15) is 0 Å². The summed E-state index contributed by atoms with van der Waals surface area (Å²) in [5, 5.41) is 12.0. The largest absolute Gasteiger partial charge is 0.256 e. The zero-order valence-corrected chi connectivity index (χ0v) is 67.5. The van der Waals surface area contributed by atoms with Crippen molar-refractivity contribution in [1.29, 1.82) is 0 Å². The topological polar surface area (TPSA) is 193 Å². The molecule has 15 nitrogen and oxygen atoms in total. The molecule has 12 aromatic carbocycles. The van der Waals surface area contributed by atoms with Gasteiger partial charge in [-0.15, -0.1) is 0 Å². The second-order valence-corrected chi connectivity index (χ2v) is 30.6. The summed E-state index contributed by atoms with van der Waals surface area (Å²) in [5.74, 6) is 2.44. The molecule has 0 radical (unpaired) electrons. The van der Waals surface area contributed by atoms with Gasteiger partial charge in [-0.3, -0.25) is 44.9 Å². The number of hydrogen-bond donors (Lipinski definition) is 0. The van der Waals surface area contributed by atoms with E-state index >= 15 is 0 Å². The summed E-state index contributed by atoms with van der Waals surface area (Å²) in [4.78, 5) is 71.8. The molecule has 0 bridgehead atoms. The van der Waals surface area contributed by atoms with E-state index in [9.17, 15) is 0 Å². The fourth-order valence-corrected chi connectivity index (χ4v) is 16.7. The molecule has 12 heterocycles. The van der Waals surface area contributed by atoms with Crippen LogP contribution in [0.3, 0.4) is 0 Å². The van der Waals surface area contributed by atoms with Crippen LogP contribution in [0.2, 0.25) is 0 Å². The van der Waals surface area contributed by atoms with Crippen molar-refractivity contribution in [3.05, 3.63) is 420 Å². The number of para-hydroxylation sites is 7. The predicted molar refractivity (Wildman–Crippen MR) is 509 cm³/mol. The molecule has 0 aliphatic rings. The van der Waals surface area contributed by atoms with Gasteiger partial charge in [0.25, 0.3) is 0 Å². The van der Waals surface area contributed by atoms with Crippen LogP contribution in [0.4, 0.5) is 0 Å². The maximum atomic E-state index is 5.21. The molecule has 0 fully saturated rings. The zero-order valence-electron chi connectivity index (χ0n) is 67.5. The van der Waals surface area contributed by atoms with Crippen molar-refractivity contribution in [2.45, 2.75) is 0 Å². The van der Waals surface area contributed by atoms with Crippen molar-refractivity contribution in [3.8, 4) is 135 Å². The third kappa shape index (κ3) is 14.8. The predicted octanol–water partition coefficient (Wildman–Crippen LogP) is 26.4. The van der Waals surface area contributed by atoms with Gasteiger partial charge in [-0.1, -0.05) is 249 Å². The molecule has 126 heavy (non-hydrogen) atoms. The first kappa shape index (κ1) is 74.8. The van der Waals surface area contributed by atoms with Gasteiger partial charge >= 0.3 is 0 Å². The SMILES string of the molecule is c1ccc2c(-c3ccc(-c4nc(-c5ccnc6ccccc56)cc(-c5ccnc6ccccc56)n4)cc3)ccnc2c1.c1ccc2cc(-c3ccc(-c4cc(-c5ccnc6ccccc56)cc(-c5ccnc6ccccc56)n4)cc3)ncc2c1.c1ccc2cc(-c3ccc(-c4nc(-c5ccnc6ccccc56)nc(-c5ccnc6ccccc56)n4)cc3)ncc2c1. The first-order valence-corrected chi connectivity index (χ1v) is 41.5. The van der Waals surface area contributed by atoms with Crippen LogP contribution in [-0.2, 0) is 0 Å². The minimum Gasteiger partial charge on any atom is -0.256 e. The van der Waals surface area contributed by atoms with Crippen LogP contribution in [0.1, 0.15) is 0 Å². The van der Waals surface area contributed by atoms with Crippen molar-refractivity contribution in [2.75, 3.05) is 0 Å². The first-order valence-electron chi connectivity index (χ1n) is 41.5. The minimum absolute atomic E-state index is 0.592. The molecule has 24 rings (SSSR count). The average molecular weight is 1610 g/mol. The van der Waals surface area contributed by atoms with Crippen LogP contribution < -0.4 is 0 Å². The number of aromatic nitrogens is 15. The Bertz CT molecular complexity index is 7650. The molecule has 0 saturated heterocycles. The Labute approximate surface area is 723 Å². The van der Waals surface area contributed by atoms with Crippen LogP contribution in [-0.4, -0.2) is 74.8 Å². The maximum absolute atomic E-state index is 5.21. The van der Waals surface area contributed by atoms with E-state index in [2.05, 4.69) is 217 Å². The third-order valence-corrected chi connectivity index (χ3v) is 23.0. The number of hydrogen-bond acceptors (Lipinski definition) is 15. The summed E-state index contributed by atoms with van der Waals surface area (Å²) in [5.41, 5.74) is 26.3. The molecular weight excluding hydrogens is 1540 g/mol. The van der Waals surface area contributed by atoms with E-state index < -0.39 is 0 Å². The van der Waals surface area contributed by atoms with Gasteiger partial charge in [0.1, 0.15) is 0 Å². The standard InChI is InChI=1S/C38H24N4.C37H23N5.C36H22N6/c1-2-8-28-24-41-36(21-27(28)7-1)25-13-15-26(16-14-25)37-22-29(30-17-19-39-34-11-5-3-9-31(30)34)23-38(42-37)33-18-20-40-35-12-6-4-10-32(33)35;1-4-10-32-27(7-1)26(17-20-38-32)24-13-15-25(16-14-24)37-41-35(30-18-21-39-33-11-5-2-8-28(30)33)23-36(42-37)31-19-22-40-34-12-6-3-9-29(31)34;1-2-8-26-22-39-33(21-25(26)7-1)23-13-15-24(16-14-23)34-40-35(29-17-19-37-31-11-5-3-9-27(29)31)42-36(41-34)30-18-20-38-32-12-6-4-10-28(30)32/h1-24H;1-23H;1-22H. The fraction of sp³-hybridized carbons (Fsp3) is 0. The third-order valence-electron chi connectivity index (χ3n) is 23.0. The highest BCUT2D eigenvalue weighted by molar-refractivity contribution is 6.02. The Morgan fingerprint density at radius 1 is 0.135 bits per heavy atom. The van der Waals surface area contributed by atoms with Crippen molar-refractivity contribution in [3.63, 3.8) is 0 Å². The van der Waals surface area contributed by atoms with E-state index in [1.165, 1.54) is 5.39 Å². The van der Waals surface area contributed by atoms with Crippen molar-refractivity contribution in [1.82, 2.24) is 74.8 Å². The molecular formula is C111H69N15. The molecule has 588 valence electrons. The molecule has 0 aliphatic heterocycles. The molecule has 0 aliphatic carbocycles. The lowest BCUT2D eigenvalue weighted by atomic mass is 9.96. The lowest BCUT2D eigenvalue weighted by Crippen LogP contribution is -2.01. The van der Waals surface area contributed by atoms with Crippen LogP contribution in [0.15, 0.2) is 420 Å². The monoisotopic (exact) mass is 1610 g/mol. The highest BCUT2D eigenvalue weighted by Gasteiger charge is 2.21. The Morgan fingerprint density at radius 3 is 0.762 bits per heavy atom. The first-order chi connectivity index (χ1) is 62.4. The Balaban J connectivity index is 0.000000112. The van der Waals surface area contributed by atoms with E-state index in [1.807, 2.05) is 225 Å². The molecule has 0 saturated carbocycles. The number of nitrogens with zero attached hydrogens (tertiary/aromatic N) is 15. The smallest absolute Gasteiger partial charge is 0.164 e. The average Bonchev–Trinajstić information content (AvgIpc) is 0.772. The molecule has 0 N–H and O–H groups in total. The normalized spacial score (nSPS) is 11.3. The van der Waals surface area contributed by atoms with Gasteiger partial charge in [0, 0.05) is 160 Å². The summed E-state index contributed by atoms with van der Waals surface area (Å²) in [6.07, 6.45) is 16.7. The minimum atomic E-state index is 0.592. The molecule has 15 heteroatoms. The van der Waals surface area contributed by atoms with Crippen molar-refractivity contribution >= 4 is 97.9 Å². The highest BCUT2D eigenvalue weighted by Crippen LogP contribution is 2.41. The Morgan fingerprint density at radius 2 is 0.389 bits per heavy atom. The van der Waals surface area contributed by atoms with Gasteiger partial charge in [0.2, 0.25) is 0 Å². The maximum Gasteiger partial charge on any atom is 0.164 e. The van der Waals surface area contributed by atoms with E-state index in [1.54, 1.807) is 12.4 Å². The summed E-state index contributed by atoms with van der Waals surface area (Å²) < 4.78 is 0. The summed E-state index contributed by atoms with van der Waals surface area (Å²) >= 11 is 0. The van der Waals surface area contributed by atoms with E-state index in [-0.39, 0.29) is 0 Å². The highest BCUT2D eigenvalue weighted by atomic mass is 15.0. The van der Waals surface area contributed by atoms with Gasteiger partial charge in [0.15, 0.2) is 23.3 Å². The van der Waals surface area contributed by atoms with Crippen LogP contribution in [0, 0.1) is 0 Å². The van der Waals surface area contributed by atoms with Gasteiger partial charge < -0.3 is 0 Å². The number of benzene rings is 12. The molecule has 24 aromatic rings. The van der Waals surface area contributed by atoms with Crippen LogP contribution in [0.25, 0.3) is 233 Å². The van der Waals surface area contributed by atoms with Crippen LogP contribution >= 0.6 is 0 Å². The zero-order chi connectivity index (χ0) is 83.6. The quantitative estimate of drug-likeness (QED) is 0.112. The summed E-state index contributed by atoms with van der Waals surface area (Å²) in [7, 11) is 0. The Hall–Kier alpha value is -17.4. The second-order valence-electron chi connectivity index (χ2n) is 30.6. The molecule has 0 unspecified atom stereocenters. The van der Waals surface area contributed by atoms with E-state index in [0.29, 0.717) is 23.3 Å². The van der Waals surface area contributed by atoms with E-state index in [0.717, 1.165) is 205 Å². The lowest BCUT2D eigenvalue weighted by molar-refractivity contribution is 1.08. The molecule has 0 amide bonds.